The molecule has 0 bridgehead atoms. The van der Waals surface area contributed by atoms with Gasteiger partial charge in [0.25, 0.3) is 11.8 Å². The maximum absolute atomic E-state index is 12.5. The number of benzene rings is 2. The summed E-state index contributed by atoms with van der Waals surface area (Å²) in [7, 11) is 0. The molecule has 0 aliphatic heterocycles. The molecule has 1 heterocycles. The molecule has 2 aromatic carbocycles. The third-order valence-corrected chi connectivity index (χ3v) is 4.99. The highest BCUT2D eigenvalue weighted by atomic mass is 79.9. The van der Waals surface area contributed by atoms with Crippen LogP contribution in [0, 0.1) is 0 Å². The average Bonchev–Trinajstić information content (AvgIpc) is 3.27. The maximum atomic E-state index is 12.5. The summed E-state index contributed by atoms with van der Waals surface area (Å²) >= 11 is 8.66. The molecule has 0 aliphatic rings. The first-order valence-corrected chi connectivity index (χ1v) is 11.0. The number of rotatable bonds is 7. The van der Waals surface area contributed by atoms with Crippen LogP contribution in [0.1, 0.15) is 40.3 Å². The van der Waals surface area contributed by atoms with Crippen LogP contribution in [0.2, 0.25) is 0 Å². The van der Waals surface area contributed by atoms with Crippen molar-refractivity contribution in [2.45, 2.75) is 26.5 Å². The summed E-state index contributed by atoms with van der Waals surface area (Å²) in [4.78, 5) is 24.9. The number of hydrogen-bond acceptors (Lipinski definition) is 5. The van der Waals surface area contributed by atoms with Crippen molar-refractivity contribution in [1.29, 1.82) is 0 Å². The Morgan fingerprint density at radius 2 is 1.84 bits per heavy atom. The largest absolute Gasteiger partial charge is 0.490 e. The van der Waals surface area contributed by atoms with Gasteiger partial charge in [0.2, 0.25) is 0 Å². The van der Waals surface area contributed by atoms with Crippen molar-refractivity contribution in [3.63, 3.8) is 0 Å². The van der Waals surface area contributed by atoms with Crippen LogP contribution in [0.4, 0.5) is 5.69 Å². The Hall–Kier alpha value is -3.17. The van der Waals surface area contributed by atoms with Crippen molar-refractivity contribution in [3.05, 3.63) is 82.2 Å². The lowest BCUT2D eigenvalue weighted by Gasteiger charge is -2.13. The Balaban J connectivity index is 1.57. The summed E-state index contributed by atoms with van der Waals surface area (Å²) in [5.74, 6) is 0.687. The summed E-state index contributed by atoms with van der Waals surface area (Å²) in [6.07, 6.45) is 1.57. The van der Waals surface area contributed by atoms with Crippen LogP contribution >= 0.6 is 28.1 Å². The van der Waals surface area contributed by atoms with Crippen LogP contribution in [-0.2, 0) is 6.54 Å². The van der Waals surface area contributed by atoms with Gasteiger partial charge in [-0.3, -0.25) is 14.9 Å². The number of thiocarbonyl (C=S) groups is 1. The minimum atomic E-state index is -0.369. The summed E-state index contributed by atoms with van der Waals surface area (Å²) in [6, 6.07) is 15.4. The Labute approximate surface area is 199 Å². The van der Waals surface area contributed by atoms with Gasteiger partial charge in [0.05, 0.1) is 23.4 Å². The third kappa shape index (κ3) is 6.66. The van der Waals surface area contributed by atoms with Crippen molar-refractivity contribution < 1.29 is 18.7 Å². The van der Waals surface area contributed by atoms with E-state index in [2.05, 4.69) is 31.9 Å². The SMILES string of the molecule is CC(C)Oc1ccc(C(=O)NC(=S)Nc2cccc(C(=O)NCc3ccco3)c2)cc1Br. The first kappa shape index (κ1) is 23.5. The molecule has 0 fully saturated rings. The fourth-order valence-electron chi connectivity index (χ4n) is 2.75. The van der Waals surface area contributed by atoms with Crippen molar-refractivity contribution >= 4 is 50.8 Å². The van der Waals surface area contributed by atoms with E-state index in [1.807, 2.05) is 13.8 Å². The maximum Gasteiger partial charge on any atom is 0.257 e. The first-order chi connectivity index (χ1) is 15.3. The van der Waals surface area contributed by atoms with Gasteiger partial charge in [-0.25, -0.2) is 0 Å². The lowest BCUT2D eigenvalue weighted by molar-refractivity contribution is 0.0946. The fourth-order valence-corrected chi connectivity index (χ4v) is 3.43. The molecular formula is C23H22BrN3O4S. The van der Waals surface area contributed by atoms with Gasteiger partial charge in [0.1, 0.15) is 11.5 Å². The van der Waals surface area contributed by atoms with E-state index >= 15 is 0 Å². The van der Waals surface area contributed by atoms with Crippen LogP contribution in [0.3, 0.4) is 0 Å². The predicted molar refractivity (Wildman–Crippen MR) is 130 cm³/mol. The van der Waals surface area contributed by atoms with Crippen molar-refractivity contribution in [3.8, 4) is 5.75 Å². The van der Waals surface area contributed by atoms with Gasteiger partial charge in [0, 0.05) is 16.8 Å². The second kappa shape index (κ2) is 10.9. The van der Waals surface area contributed by atoms with Gasteiger partial charge in [-0.15, -0.1) is 0 Å². The van der Waals surface area contributed by atoms with E-state index in [1.54, 1.807) is 60.9 Å². The molecule has 3 rings (SSSR count). The highest BCUT2D eigenvalue weighted by Crippen LogP contribution is 2.27. The van der Waals surface area contributed by atoms with Gasteiger partial charge in [-0.2, -0.15) is 0 Å². The number of carbonyl (C=O) groups is 2. The highest BCUT2D eigenvalue weighted by Gasteiger charge is 2.13. The number of ether oxygens (including phenoxy) is 1. The van der Waals surface area contributed by atoms with Crippen LogP contribution < -0.4 is 20.7 Å². The summed E-state index contributed by atoms with van der Waals surface area (Å²) in [6.45, 7) is 4.14. The number of amides is 2. The number of halogens is 1. The second-order valence-electron chi connectivity index (χ2n) is 7.06. The van der Waals surface area contributed by atoms with E-state index in [1.165, 1.54) is 0 Å². The second-order valence-corrected chi connectivity index (χ2v) is 8.33. The normalized spacial score (nSPS) is 10.5. The van der Waals surface area contributed by atoms with Crippen LogP contribution in [-0.4, -0.2) is 23.0 Å². The van der Waals surface area contributed by atoms with Crippen LogP contribution in [0.15, 0.2) is 69.8 Å². The highest BCUT2D eigenvalue weighted by molar-refractivity contribution is 9.10. The minimum absolute atomic E-state index is 0.0192. The lowest BCUT2D eigenvalue weighted by Crippen LogP contribution is -2.34. The molecule has 9 heteroatoms. The zero-order valence-corrected chi connectivity index (χ0v) is 19.9. The number of carbonyl (C=O) groups excluding carboxylic acids is 2. The van der Waals surface area contributed by atoms with Gasteiger partial charge >= 0.3 is 0 Å². The summed E-state index contributed by atoms with van der Waals surface area (Å²) in [5, 5.41) is 8.45. The molecule has 0 radical (unpaired) electrons. The zero-order chi connectivity index (χ0) is 23.1. The van der Waals surface area contributed by atoms with E-state index in [0.29, 0.717) is 32.8 Å². The molecule has 0 atom stereocenters. The molecule has 7 nitrogen and oxygen atoms in total. The predicted octanol–water partition coefficient (Wildman–Crippen LogP) is 4.89. The monoisotopic (exact) mass is 515 g/mol. The minimum Gasteiger partial charge on any atom is -0.490 e. The Morgan fingerprint density at radius 1 is 1.06 bits per heavy atom. The molecule has 0 saturated carbocycles. The number of nitrogens with one attached hydrogen (secondary N) is 3. The Bertz CT molecular complexity index is 1120. The van der Waals surface area contributed by atoms with Gasteiger partial charge in [-0.05, 0) is 90.5 Å². The zero-order valence-electron chi connectivity index (χ0n) is 17.5. The lowest BCUT2D eigenvalue weighted by atomic mass is 10.2. The van der Waals surface area contributed by atoms with E-state index in [4.69, 9.17) is 21.4 Å². The molecule has 3 N–H and O–H groups in total. The molecule has 166 valence electrons. The van der Waals surface area contributed by atoms with Crippen molar-refractivity contribution in [2.75, 3.05) is 5.32 Å². The standard InChI is InChI=1S/C23H22BrN3O4S/c1-14(2)31-20-9-8-16(12-19(20)24)22(29)27-23(32)26-17-6-3-5-15(11-17)21(28)25-13-18-7-4-10-30-18/h3-12,14H,13H2,1-2H3,(H,25,28)(H2,26,27,29,32). The molecule has 2 amide bonds. The van der Waals surface area contributed by atoms with Crippen LogP contribution in [0.25, 0.3) is 0 Å². The molecule has 0 unspecified atom stereocenters. The number of anilines is 1. The third-order valence-electron chi connectivity index (χ3n) is 4.17. The van der Waals surface area contributed by atoms with E-state index in [9.17, 15) is 9.59 Å². The van der Waals surface area contributed by atoms with Gasteiger partial charge < -0.3 is 19.8 Å². The number of furan rings is 1. The van der Waals surface area contributed by atoms with Crippen LogP contribution in [0.5, 0.6) is 5.75 Å². The summed E-state index contributed by atoms with van der Waals surface area (Å²) < 4.78 is 11.5. The number of hydrogen-bond donors (Lipinski definition) is 3. The van der Waals surface area contributed by atoms with Crippen molar-refractivity contribution in [2.24, 2.45) is 0 Å². The Morgan fingerprint density at radius 3 is 2.53 bits per heavy atom. The van der Waals surface area contributed by atoms with E-state index in [0.717, 1.165) is 0 Å². The molecule has 0 saturated heterocycles. The topological polar surface area (TPSA) is 92.6 Å². The fraction of sp³-hybridized carbons (Fsp3) is 0.174. The first-order valence-electron chi connectivity index (χ1n) is 9.81. The quantitative estimate of drug-likeness (QED) is 0.388. The molecule has 1 aromatic heterocycles. The van der Waals surface area contributed by atoms with Gasteiger partial charge in [-0.1, -0.05) is 6.07 Å². The summed E-state index contributed by atoms with van der Waals surface area (Å²) in [5.41, 5.74) is 1.44. The molecule has 3 aromatic rings. The van der Waals surface area contributed by atoms with Gasteiger partial charge in [0.15, 0.2) is 5.11 Å². The smallest absolute Gasteiger partial charge is 0.257 e. The molecular weight excluding hydrogens is 494 g/mol. The van der Waals surface area contributed by atoms with E-state index < -0.39 is 0 Å². The van der Waals surface area contributed by atoms with Crippen molar-refractivity contribution in [1.82, 2.24) is 10.6 Å². The van der Waals surface area contributed by atoms with E-state index in [-0.39, 0.29) is 29.6 Å². The molecule has 0 aliphatic carbocycles. The molecule has 32 heavy (non-hydrogen) atoms. The average molecular weight is 516 g/mol. The molecule has 0 spiro atoms. The Kier molecular flexibility index (Phi) is 8.02.